The van der Waals surface area contributed by atoms with Gasteiger partial charge in [-0.1, -0.05) is 18.2 Å². The number of rotatable bonds is 4. The lowest BCUT2D eigenvalue weighted by atomic mass is 10.1. The molecule has 0 spiro atoms. The average Bonchev–Trinajstić information content (AvgIpc) is 2.38. The van der Waals surface area contributed by atoms with Crippen LogP contribution in [0.5, 0.6) is 0 Å². The van der Waals surface area contributed by atoms with Gasteiger partial charge in [0.15, 0.2) is 0 Å². The minimum atomic E-state index is -0.255. The van der Waals surface area contributed by atoms with E-state index in [1.165, 1.54) is 6.07 Å². The number of para-hydroxylation sites is 1. The third-order valence-electron chi connectivity index (χ3n) is 3.24. The molecule has 0 aliphatic carbocycles. The summed E-state index contributed by atoms with van der Waals surface area (Å²) < 4.78 is 14.1. The van der Waals surface area contributed by atoms with Crippen LogP contribution in [0.4, 0.5) is 10.1 Å². The molecule has 106 valence electrons. The molecular weight excluding hydrogens is 253 g/mol. The number of hydrogen-bond donors (Lipinski definition) is 1. The Morgan fingerprint density at radius 1 is 1.25 bits per heavy atom. The van der Waals surface area contributed by atoms with E-state index < -0.39 is 0 Å². The normalized spacial score (nSPS) is 12.2. The zero-order valence-corrected chi connectivity index (χ0v) is 12.1. The van der Waals surface area contributed by atoms with Crippen molar-refractivity contribution in [3.05, 3.63) is 59.2 Å². The van der Waals surface area contributed by atoms with Crippen LogP contribution in [-0.4, -0.2) is 12.0 Å². The first kappa shape index (κ1) is 14.5. The highest BCUT2D eigenvalue weighted by Gasteiger charge is 2.16. The molecule has 2 rings (SSSR count). The summed E-state index contributed by atoms with van der Waals surface area (Å²) in [6, 6.07) is 10.6. The van der Waals surface area contributed by atoms with Crippen LogP contribution in [0.3, 0.4) is 0 Å². The highest BCUT2D eigenvalue weighted by atomic mass is 19.1. The summed E-state index contributed by atoms with van der Waals surface area (Å²) in [6.45, 7) is 4.35. The van der Waals surface area contributed by atoms with Gasteiger partial charge < -0.3 is 10.6 Å². The molecule has 3 nitrogen and oxygen atoms in total. The van der Waals surface area contributed by atoms with Crippen molar-refractivity contribution in [3.63, 3.8) is 0 Å². The molecule has 20 heavy (non-hydrogen) atoms. The minimum Gasteiger partial charge on any atom is -0.366 e. The topological polar surface area (TPSA) is 42.1 Å². The van der Waals surface area contributed by atoms with Crippen LogP contribution in [0.25, 0.3) is 0 Å². The highest BCUT2D eigenvalue weighted by Crippen LogP contribution is 2.28. The number of nitrogens with two attached hydrogens (primary N) is 1. The van der Waals surface area contributed by atoms with Crippen molar-refractivity contribution in [2.75, 3.05) is 11.9 Å². The molecule has 1 atom stereocenters. The molecule has 1 aromatic heterocycles. The molecule has 0 aliphatic heterocycles. The summed E-state index contributed by atoms with van der Waals surface area (Å²) in [7, 11) is 1.86. The molecule has 0 bridgehead atoms. The van der Waals surface area contributed by atoms with E-state index >= 15 is 0 Å². The molecule has 0 amide bonds. The van der Waals surface area contributed by atoms with Crippen molar-refractivity contribution in [2.45, 2.75) is 26.4 Å². The number of halogens is 1. The van der Waals surface area contributed by atoms with E-state index in [-0.39, 0.29) is 11.9 Å². The number of aryl methyl sites for hydroxylation is 1. The van der Waals surface area contributed by atoms with Gasteiger partial charge in [0.25, 0.3) is 0 Å². The average molecular weight is 273 g/mol. The molecule has 1 heterocycles. The predicted octanol–water partition coefficient (Wildman–Crippen LogP) is 3.19. The maximum atomic E-state index is 14.1. The summed E-state index contributed by atoms with van der Waals surface area (Å²) in [6.07, 6.45) is 0. The number of aromatic nitrogens is 1. The van der Waals surface area contributed by atoms with Crippen LogP contribution in [0.15, 0.2) is 36.4 Å². The minimum absolute atomic E-state index is 0.214. The largest absolute Gasteiger partial charge is 0.366 e. The van der Waals surface area contributed by atoms with Gasteiger partial charge in [0.1, 0.15) is 5.82 Å². The summed E-state index contributed by atoms with van der Waals surface area (Å²) >= 11 is 0. The zero-order chi connectivity index (χ0) is 14.7. The SMILES string of the molecule is Cc1cccc(CN(C)c2c(F)cccc2[C@H](C)N)n1. The van der Waals surface area contributed by atoms with E-state index in [1.807, 2.05) is 50.1 Å². The lowest BCUT2D eigenvalue weighted by molar-refractivity contribution is 0.615. The second-order valence-corrected chi connectivity index (χ2v) is 5.09. The maximum absolute atomic E-state index is 14.1. The van der Waals surface area contributed by atoms with Gasteiger partial charge >= 0.3 is 0 Å². The molecule has 0 unspecified atom stereocenters. The Bertz CT molecular complexity index is 596. The van der Waals surface area contributed by atoms with Gasteiger partial charge in [0, 0.05) is 18.8 Å². The Balaban J connectivity index is 2.31. The van der Waals surface area contributed by atoms with Gasteiger partial charge in [-0.25, -0.2) is 4.39 Å². The van der Waals surface area contributed by atoms with Crippen molar-refractivity contribution >= 4 is 5.69 Å². The summed E-state index contributed by atoms with van der Waals surface area (Å²) in [5.74, 6) is -0.255. The second kappa shape index (κ2) is 6.01. The number of pyridine rings is 1. The molecule has 1 aromatic carbocycles. The van der Waals surface area contributed by atoms with Crippen LogP contribution < -0.4 is 10.6 Å². The van der Waals surface area contributed by atoms with Crippen LogP contribution in [0.1, 0.15) is 29.9 Å². The third kappa shape index (κ3) is 3.14. The smallest absolute Gasteiger partial charge is 0.146 e. The first-order valence-electron chi connectivity index (χ1n) is 6.66. The van der Waals surface area contributed by atoms with Crippen molar-refractivity contribution in [2.24, 2.45) is 5.73 Å². The molecule has 0 radical (unpaired) electrons. The van der Waals surface area contributed by atoms with Gasteiger partial charge in [-0.05, 0) is 37.6 Å². The van der Waals surface area contributed by atoms with E-state index in [0.29, 0.717) is 12.2 Å². The lowest BCUT2D eigenvalue weighted by Gasteiger charge is -2.24. The van der Waals surface area contributed by atoms with Gasteiger partial charge in [-0.2, -0.15) is 0 Å². The van der Waals surface area contributed by atoms with Gasteiger partial charge in [-0.15, -0.1) is 0 Å². The molecule has 0 saturated carbocycles. The van der Waals surface area contributed by atoms with Crippen molar-refractivity contribution in [1.82, 2.24) is 4.98 Å². The van der Waals surface area contributed by atoms with Crippen molar-refractivity contribution in [3.8, 4) is 0 Å². The van der Waals surface area contributed by atoms with Crippen LogP contribution >= 0.6 is 0 Å². The molecule has 0 fully saturated rings. The van der Waals surface area contributed by atoms with E-state index in [4.69, 9.17) is 5.73 Å². The summed E-state index contributed by atoms with van der Waals surface area (Å²) in [4.78, 5) is 6.30. The monoisotopic (exact) mass is 273 g/mol. The number of hydrogen-bond acceptors (Lipinski definition) is 3. The summed E-state index contributed by atoms with van der Waals surface area (Å²) in [5, 5.41) is 0. The quantitative estimate of drug-likeness (QED) is 0.930. The maximum Gasteiger partial charge on any atom is 0.146 e. The van der Waals surface area contributed by atoms with E-state index in [2.05, 4.69) is 4.98 Å². The summed E-state index contributed by atoms with van der Waals surface area (Å²) in [5.41, 5.74) is 9.15. The van der Waals surface area contributed by atoms with Crippen LogP contribution in [0, 0.1) is 12.7 Å². The Hall–Kier alpha value is -1.94. The molecule has 0 aliphatic rings. The third-order valence-corrected chi connectivity index (χ3v) is 3.24. The number of anilines is 1. The second-order valence-electron chi connectivity index (χ2n) is 5.09. The zero-order valence-electron chi connectivity index (χ0n) is 12.1. The molecule has 2 aromatic rings. The Morgan fingerprint density at radius 2 is 1.95 bits per heavy atom. The molecule has 0 saturated heterocycles. The lowest BCUT2D eigenvalue weighted by Crippen LogP contribution is -2.22. The first-order valence-corrected chi connectivity index (χ1v) is 6.66. The number of benzene rings is 1. The van der Waals surface area contributed by atoms with Gasteiger partial charge in [0.05, 0.1) is 17.9 Å². The van der Waals surface area contributed by atoms with Gasteiger partial charge in [0.2, 0.25) is 0 Å². The fourth-order valence-electron chi connectivity index (χ4n) is 2.31. The molecule has 2 N–H and O–H groups in total. The van der Waals surface area contributed by atoms with Crippen LogP contribution in [0.2, 0.25) is 0 Å². The number of nitrogens with zero attached hydrogens (tertiary/aromatic N) is 2. The molecule has 4 heteroatoms. The van der Waals surface area contributed by atoms with E-state index in [1.54, 1.807) is 6.07 Å². The Morgan fingerprint density at radius 3 is 2.60 bits per heavy atom. The Labute approximate surface area is 119 Å². The fourth-order valence-corrected chi connectivity index (χ4v) is 2.31. The van der Waals surface area contributed by atoms with Crippen LogP contribution in [-0.2, 0) is 6.54 Å². The predicted molar refractivity (Wildman–Crippen MR) is 80.1 cm³/mol. The Kier molecular flexibility index (Phi) is 4.35. The first-order chi connectivity index (χ1) is 9.49. The van der Waals surface area contributed by atoms with Crippen molar-refractivity contribution in [1.29, 1.82) is 0 Å². The molecular formula is C16H20FN3. The van der Waals surface area contributed by atoms with Gasteiger partial charge in [-0.3, -0.25) is 4.98 Å². The van der Waals surface area contributed by atoms with E-state index in [9.17, 15) is 4.39 Å². The highest BCUT2D eigenvalue weighted by molar-refractivity contribution is 5.55. The fraction of sp³-hybridized carbons (Fsp3) is 0.312. The van der Waals surface area contributed by atoms with Crippen molar-refractivity contribution < 1.29 is 4.39 Å². The standard InChI is InChI=1S/C16H20FN3/c1-11-6-4-7-13(19-11)10-20(3)16-14(12(2)18)8-5-9-15(16)17/h4-9,12H,10,18H2,1-3H3/t12-/m0/s1. The van der Waals surface area contributed by atoms with E-state index in [0.717, 1.165) is 17.0 Å².